The number of benzene rings is 1. The fourth-order valence-electron chi connectivity index (χ4n) is 1.38. The molecule has 2 rings (SSSR count). The summed E-state index contributed by atoms with van der Waals surface area (Å²) in [6.45, 7) is 0.209. The van der Waals surface area contributed by atoms with Crippen LogP contribution in [-0.2, 0) is 4.79 Å². The van der Waals surface area contributed by atoms with Gasteiger partial charge in [0.25, 0.3) is 0 Å². The lowest BCUT2D eigenvalue weighted by molar-refractivity contribution is -0.132. The molecule has 0 bridgehead atoms. The molecule has 1 aliphatic heterocycles. The number of fused-ring (bicyclic) bond motifs is 1. The normalized spacial score (nSPS) is 13.9. The van der Waals surface area contributed by atoms with Crippen molar-refractivity contribution in [2.75, 3.05) is 12.5 Å². The Balaban J connectivity index is 2.31. The molecule has 0 saturated carbocycles. The maximum Gasteiger partial charge on any atom is 0.332 e. The van der Waals surface area contributed by atoms with Crippen molar-refractivity contribution in [3.05, 3.63) is 29.3 Å². The average Bonchev–Trinajstić information content (AvgIpc) is 2.72. The quantitative estimate of drug-likeness (QED) is 0.623. The highest BCUT2D eigenvalue weighted by molar-refractivity contribution is 7.80. The number of thiol groups is 1. The summed E-state index contributed by atoms with van der Waals surface area (Å²) < 4.78 is 10.4. The van der Waals surface area contributed by atoms with Gasteiger partial charge < -0.3 is 14.6 Å². The molecule has 5 heteroatoms. The van der Waals surface area contributed by atoms with Crippen LogP contribution in [0.15, 0.2) is 23.8 Å². The van der Waals surface area contributed by atoms with Gasteiger partial charge in [-0.05, 0) is 23.8 Å². The van der Waals surface area contributed by atoms with Crippen molar-refractivity contribution < 1.29 is 19.4 Å². The third-order valence-electron chi connectivity index (χ3n) is 2.18. The van der Waals surface area contributed by atoms with Gasteiger partial charge in [-0.15, -0.1) is 0 Å². The Bertz CT molecular complexity index is 453. The number of hydrogen-bond acceptors (Lipinski definition) is 4. The average molecular weight is 238 g/mol. The van der Waals surface area contributed by atoms with Crippen molar-refractivity contribution >= 4 is 24.7 Å². The van der Waals surface area contributed by atoms with Crippen molar-refractivity contribution in [2.24, 2.45) is 0 Å². The molecule has 1 heterocycles. The molecule has 1 aliphatic rings. The molecule has 1 aromatic rings. The van der Waals surface area contributed by atoms with Crippen LogP contribution in [0.25, 0.3) is 6.08 Å². The van der Waals surface area contributed by atoms with E-state index in [1.165, 1.54) is 0 Å². The predicted molar refractivity (Wildman–Crippen MR) is 62.0 cm³/mol. The number of carbonyl (C=O) groups is 1. The summed E-state index contributed by atoms with van der Waals surface area (Å²) in [6, 6.07) is 5.28. The molecule has 0 radical (unpaired) electrons. The van der Waals surface area contributed by atoms with E-state index in [1.807, 2.05) is 0 Å². The second-order valence-electron chi connectivity index (χ2n) is 3.25. The fourth-order valence-corrected chi connectivity index (χ4v) is 1.61. The zero-order valence-corrected chi connectivity index (χ0v) is 9.24. The van der Waals surface area contributed by atoms with Crippen LogP contribution < -0.4 is 9.47 Å². The maximum atomic E-state index is 10.8. The third-order valence-corrected chi connectivity index (χ3v) is 2.52. The van der Waals surface area contributed by atoms with Gasteiger partial charge in [-0.3, -0.25) is 0 Å². The molecule has 0 atom stereocenters. The summed E-state index contributed by atoms with van der Waals surface area (Å²) >= 11 is 3.96. The predicted octanol–water partition coefficient (Wildman–Crippen LogP) is 1.81. The van der Waals surface area contributed by atoms with Gasteiger partial charge >= 0.3 is 5.97 Å². The molecular weight excluding hydrogens is 228 g/mol. The van der Waals surface area contributed by atoms with Crippen LogP contribution in [0, 0.1) is 0 Å². The molecular formula is C11H10O4S. The van der Waals surface area contributed by atoms with Gasteiger partial charge in [0.15, 0.2) is 11.5 Å². The Morgan fingerprint density at radius 2 is 2.19 bits per heavy atom. The van der Waals surface area contributed by atoms with Crippen molar-refractivity contribution in [1.82, 2.24) is 0 Å². The number of carboxylic acid groups (broad SMARTS) is 1. The van der Waals surface area contributed by atoms with E-state index in [0.717, 1.165) is 5.56 Å². The van der Waals surface area contributed by atoms with Crippen LogP contribution in [0.1, 0.15) is 5.56 Å². The van der Waals surface area contributed by atoms with E-state index in [-0.39, 0.29) is 18.1 Å². The van der Waals surface area contributed by atoms with Gasteiger partial charge in [-0.1, -0.05) is 6.07 Å². The van der Waals surface area contributed by atoms with Crippen molar-refractivity contribution in [3.8, 4) is 11.5 Å². The molecule has 4 nitrogen and oxygen atoms in total. The second kappa shape index (κ2) is 4.49. The van der Waals surface area contributed by atoms with E-state index in [4.69, 9.17) is 14.6 Å². The first kappa shape index (κ1) is 10.9. The molecule has 1 aromatic carbocycles. The Morgan fingerprint density at radius 3 is 2.88 bits per heavy atom. The SMILES string of the molecule is O=C(O)/C(=C/c1ccc2c(c1)OCO2)CS. The zero-order chi connectivity index (χ0) is 11.5. The minimum absolute atomic E-state index is 0.184. The van der Waals surface area contributed by atoms with Gasteiger partial charge in [0, 0.05) is 11.3 Å². The van der Waals surface area contributed by atoms with E-state index in [1.54, 1.807) is 24.3 Å². The number of rotatable bonds is 3. The fraction of sp³-hybridized carbons (Fsp3) is 0.182. The second-order valence-corrected chi connectivity index (χ2v) is 3.56. The van der Waals surface area contributed by atoms with Gasteiger partial charge in [0.05, 0.1) is 0 Å². The first-order valence-electron chi connectivity index (χ1n) is 4.65. The lowest BCUT2D eigenvalue weighted by Gasteiger charge is -2.00. The van der Waals surface area contributed by atoms with Crippen molar-refractivity contribution in [3.63, 3.8) is 0 Å². The highest BCUT2D eigenvalue weighted by atomic mass is 32.1. The number of aliphatic carboxylic acids is 1. The molecule has 0 aliphatic carbocycles. The van der Waals surface area contributed by atoms with Gasteiger partial charge in [-0.25, -0.2) is 4.79 Å². The summed E-state index contributed by atoms with van der Waals surface area (Å²) in [5, 5.41) is 8.85. The van der Waals surface area contributed by atoms with E-state index in [9.17, 15) is 4.79 Å². The van der Waals surface area contributed by atoms with Crippen LogP contribution in [0.3, 0.4) is 0 Å². The first-order chi connectivity index (χ1) is 7.70. The molecule has 0 fully saturated rings. The summed E-state index contributed by atoms with van der Waals surface area (Å²) in [5.74, 6) is 0.536. The van der Waals surface area contributed by atoms with Crippen LogP contribution in [0.2, 0.25) is 0 Å². The summed E-state index contributed by atoms with van der Waals surface area (Å²) in [5.41, 5.74) is 0.998. The Labute approximate surface area is 97.9 Å². The monoisotopic (exact) mass is 238 g/mol. The molecule has 0 amide bonds. The number of hydrogen-bond donors (Lipinski definition) is 2. The van der Waals surface area contributed by atoms with E-state index >= 15 is 0 Å². The topological polar surface area (TPSA) is 55.8 Å². The highest BCUT2D eigenvalue weighted by Crippen LogP contribution is 2.33. The molecule has 1 N–H and O–H groups in total. The molecule has 84 valence electrons. The Hall–Kier alpha value is -1.62. The largest absolute Gasteiger partial charge is 0.478 e. The van der Waals surface area contributed by atoms with Gasteiger partial charge in [0.2, 0.25) is 6.79 Å². The molecule has 0 saturated heterocycles. The maximum absolute atomic E-state index is 10.8. The number of carboxylic acids is 1. The number of ether oxygens (including phenoxy) is 2. The summed E-state index contributed by atoms with van der Waals surface area (Å²) in [6.07, 6.45) is 1.57. The molecule has 0 aromatic heterocycles. The van der Waals surface area contributed by atoms with Gasteiger partial charge in [-0.2, -0.15) is 12.6 Å². The minimum atomic E-state index is -0.965. The third kappa shape index (κ3) is 2.14. The van der Waals surface area contributed by atoms with E-state index < -0.39 is 5.97 Å². The van der Waals surface area contributed by atoms with E-state index in [0.29, 0.717) is 11.5 Å². The van der Waals surface area contributed by atoms with Crippen molar-refractivity contribution in [1.29, 1.82) is 0 Å². The van der Waals surface area contributed by atoms with Crippen LogP contribution in [0.5, 0.6) is 11.5 Å². The molecule has 0 spiro atoms. The van der Waals surface area contributed by atoms with E-state index in [2.05, 4.69) is 12.6 Å². The highest BCUT2D eigenvalue weighted by Gasteiger charge is 2.13. The molecule has 16 heavy (non-hydrogen) atoms. The smallest absolute Gasteiger partial charge is 0.332 e. The lowest BCUT2D eigenvalue weighted by Crippen LogP contribution is -2.01. The summed E-state index contributed by atoms with van der Waals surface area (Å²) in [4.78, 5) is 10.8. The van der Waals surface area contributed by atoms with Gasteiger partial charge in [0.1, 0.15) is 0 Å². The Morgan fingerprint density at radius 1 is 1.44 bits per heavy atom. The Kier molecular flexibility index (Phi) is 3.05. The standard InChI is InChI=1S/C11H10O4S/c12-11(13)8(5-16)3-7-1-2-9-10(4-7)15-6-14-9/h1-4,16H,5-6H2,(H,12,13)/b8-3+. The molecule has 0 unspecified atom stereocenters. The lowest BCUT2D eigenvalue weighted by atomic mass is 10.1. The van der Waals surface area contributed by atoms with Crippen LogP contribution >= 0.6 is 12.6 Å². The zero-order valence-electron chi connectivity index (χ0n) is 8.34. The van der Waals surface area contributed by atoms with Crippen LogP contribution in [0.4, 0.5) is 0 Å². The summed E-state index contributed by atoms with van der Waals surface area (Å²) in [7, 11) is 0. The van der Waals surface area contributed by atoms with Crippen LogP contribution in [-0.4, -0.2) is 23.6 Å². The van der Waals surface area contributed by atoms with Crippen molar-refractivity contribution in [2.45, 2.75) is 0 Å². The first-order valence-corrected chi connectivity index (χ1v) is 5.28. The minimum Gasteiger partial charge on any atom is -0.478 e.